The fourth-order valence-electron chi connectivity index (χ4n) is 7.81. The molecule has 0 aliphatic carbocycles. The Kier molecular flexibility index (Phi) is 8.19. The predicted octanol–water partition coefficient (Wildman–Crippen LogP) is 12.3. The second-order valence-electron chi connectivity index (χ2n) is 13.9. The number of amidine groups is 2. The molecule has 0 saturated carbocycles. The van der Waals surface area contributed by atoms with Crippen LogP contribution in [0.2, 0.25) is 0 Å². The summed E-state index contributed by atoms with van der Waals surface area (Å²) in [4.78, 5) is 10.2. The van der Waals surface area contributed by atoms with Crippen molar-refractivity contribution >= 4 is 33.5 Å². The lowest BCUT2D eigenvalue weighted by atomic mass is 9.95. The summed E-state index contributed by atoms with van der Waals surface area (Å²) in [6.45, 7) is 0. The van der Waals surface area contributed by atoms with E-state index in [0.717, 1.165) is 39.3 Å². The monoisotopic (exact) mass is 704 g/mol. The molecule has 0 saturated heterocycles. The topological polar surface area (TPSA) is 41.7 Å². The van der Waals surface area contributed by atoms with Crippen LogP contribution in [0.4, 0.5) is 0 Å². The summed E-state index contributed by atoms with van der Waals surface area (Å²) in [5.41, 5.74) is 13.6. The molecule has 1 aliphatic rings. The molecule has 4 nitrogen and oxygen atoms in total. The van der Waals surface area contributed by atoms with Gasteiger partial charge >= 0.3 is 0 Å². The van der Waals surface area contributed by atoms with Gasteiger partial charge in [0, 0.05) is 27.6 Å². The molecule has 0 spiro atoms. The summed E-state index contributed by atoms with van der Waals surface area (Å²) in [6.07, 6.45) is -0.265. The van der Waals surface area contributed by atoms with Crippen LogP contribution >= 0.6 is 0 Å². The Bertz CT molecular complexity index is 2870. The smallest absolute Gasteiger partial charge is 0.159 e. The van der Waals surface area contributed by atoms with Crippen LogP contribution in [-0.2, 0) is 0 Å². The van der Waals surface area contributed by atoms with Gasteiger partial charge in [-0.05, 0) is 81.4 Å². The van der Waals surface area contributed by atoms with E-state index in [1.54, 1.807) is 0 Å². The summed E-state index contributed by atoms with van der Waals surface area (Å²) >= 11 is 0. The van der Waals surface area contributed by atoms with Crippen molar-refractivity contribution in [2.75, 3.05) is 0 Å². The summed E-state index contributed by atoms with van der Waals surface area (Å²) < 4.78 is 2.39. The van der Waals surface area contributed by atoms with E-state index < -0.39 is 0 Å². The lowest BCUT2D eigenvalue weighted by Gasteiger charge is -2.24. The quantitative estimate of drug-likeness (QED) is 0.176. The van der Waals surface area contributed by atoms with Gasteiger partial charge in [0.15, 0.2) is 5.84 Å². The Morgan fingerprint density at radius 3 is 1.73 bits per heavy atom. The number of nitrogens with zero attached hydrogens (tertiary/aromatic N) is 3. The molecule has 4 heteroatoms. The number of nitrogens with one attached hydrogen (secondary N) is 1. The Labute approximate surface area is 320 Å². The molecule has 1 atom stereocenters. The first-order chi connectivity index (χ1) is 27.3. The molecule has 0 amide bonds. The zero-order valence-corrected chi connectivity index (χ0v) is 30.0. The van der Waals surface area contributed by atoms with Gasteiger partial charge in [-0.25, -0.2) is 9.98 Å². The lowest BCUT2D eigenvalue weighted by molar-refractivity contribution is 0.674. The highest BCUT2D eigenvalue weighted by Gasteiger charge is 2.22. The minimum atomic E-state index is -0.265. The van der Waals surface area contributed by atoms with Crippen molar-refractivity contribution in [3.05, 3.63) is 223 Å². The van der Waals surface area contributed by atoms with Crippen molar-refractivity contribution in [2.45, 2.75) is 6.17 Å². The second-order valence-corrected chi connectivity index (χ2v) is 13.9. The average molecular weight is 705 g/mol. The van der Waals surface area contributed by atoms with Crippen LogP contribution in [0.5, 0.6) is 0 Å². The van der Waals surface area contributed by atoms with Crippen LogP contribution in [-0.4, -0.2) is 16.2 Å². The molecule has 0 fully saturated rings. The number of rotatable bonds is 7. The molecule has 55 heavy (non-hydrogen) atoms. The minimum absolute atomic E-state index is 0.265. The van der Waals surface area contributed by atoms with Crippen molar-refractivity contribution in [1.82, 2.24) is 9.88 Å². The molecule has 260 valence electrons. The molecule has 1 aromatic heterocycles. The Morgan fingerprint density at radius 2 is 0.982 bits per heavy atom. The van der Waals surface area contributed by atoms with Crippen LogP contribution in [0.25, 0.3) is 60.9 Å². The minimum Gasteiger partial charge on any atom is -0.344 e. The Morgan fingerprint density at radius 1 is 0.418 bits per heavy atom. The van der Waals surface area contributed by atoms with Gasteiger partial charge in [0.25, 0.3) is 0 Å². The summed E-state index contributed by atoms with van der Waals surface area (Å²) in [5.74, 6) is 1.51. The van der Waals surface area contributed by atoms with Crippen molar-refractivity contribution in [2.24, 2.45) is 9.98 Å². The summed E-state index contributed by atoms with van der Waals surface area (Å²) in [6, 6.07) is 73.0. The molecule has 0 bridgehead atoms. The Balaban J connectivity index is 1.13. The standard InChI is InChI=1S/C51H36N4/c1-5-16-35(17-6-1)38-22-13-23-39(32-38)40-30-31-46-45(34-40)48-44(28-15-29-47(48)55(46)43-26-11-4-12-27-43)41-24-14-25-42(33-41)51-53-49(36-18-7-2-8-19-36)52-50(54-51)37-20-9-3-10-21-37/h1-34,49H,(H,52,53,54). The highest BCUT2D eigenvalue weighted by molar-refractivity contribution is 6.17. The SMILES string of the molecule is c1ccc(C2=NC(c3ccccc3)NC(c3cccc(-c4cccc5c4c4cc(-c6cccc(-c7ccccc7)c6)ccc4n5-c4ccccc4)c3)=N2)cc1. The van der Waals surface area contributed by atoms with Gasteiger partial charge in [0.05, 0.1) is 11.0 Å². The van der Waals surface area contributed by atoms with E-state index in [0.29, 0.717) is 5.84 Å². The first kappa shape index (κ1) is 32.4. The van der Waals surface area contributed by atoms with E-state index in [2.05, 4.69) is 192 Å². The molecule has 8 aromatic carbocycles. The number of aliphatic imine (C=N–C) groups is 2. The normalized spacial score (nSPS) is 14.0. The van der Waals surface area contributed by atoms with Gasteiger partial charge in [0.1, 0.15) is 12.0 Å². The maximum Gasteiger partial charge on any atom is 0.159 e. The number of aromatic nitrogens is 1. The number of fused-ring (bicyclic) bond motifs is 3. The van der Waals surface area contributed by atoms with Crippen molar-refractivity contribution in [3.63, 3.8) is 0 Å². The van der Waals surface area contributed by atoms with E-state index in [4.69, 9.17) is 9.98 Å². The van der Waals surface area contributed by atoms with Crippen LogP contribution in [0.3, 0.4) is 0 Å². The zero-order valence-electron chi connectivity index (χ0n) is 30.0. The van der Waals surface area contributed by atoms with E-state index >= 15 is 0 Å². The molecule has 1 aliphatic heterocycles. The second kappa shape index (κ2) is 13.9. The number of benzene rings is 8. The van der Waals surface area contributed by atoms with Gasteiger partial charge < -0.3 is 9.88 Å². The average Bonchev–Trinajstić information content (AvgIpc) is 3.61. The van der Waals surface area contributed by atoms with E-state index in [1.807, 2.05) is 24.3 Å². The van der Waals surface area contributed by atoms with Crippen molar-refractivity contribution < 1.29 is 0 Å². The van der Waals surface area contributed by atoms with Crippen molar-refractivity contribution in [1.29, 1.82) is 0 Å². The summed E-state index contributed by atoms with van der Waals surface area (Å²) in [5, 5.41) is 6.08. The molecular formula is C51H36N4. The number of para-hydroxylation sites is 1. The molecule has 0 radical (unpaired) electrons. The van der Waals surface area contributed by atoms with Crippen LogP contribution in [0.1, 0.15) is 22.9 Å². The van der Waals surface area contributed by atoms with Gasteiger partial charge in [-0.15, -0.1) is 0 Å². The van der Waals surface area contributed by atoms with Gasteiger partial charge in [0.2, 0.25) is 0 Å². The van der Waals surface area contributed by atoms with Crippen LogP contribution in [0.15, 0.2) is 216 Å². The molecular weight excluding hydrogens is 669 g/mol. The van der Waals surface area contributed by atoms with E-state index in [1.165, 1.54) is 44.1 Å². The molecule has 1 unspecified atom stereocenters. The molecule has 1 N–H and O–H groups in total. The fraction of sp³-hybridized carbons (Fsp3) is 0.0196. The summed E-state index contributed by atoms with van der Waals surface area (Å²) in [7, 11) is 0. The lowest BCUT2D eigenvalue weighted by Crippen LogP contribution is -2.33. The largest absolute Gasteiger partial charge is 0.344 e. The number of hydrogen-bond donors (Lipinski definition) is 1. The number of hydrogen-bond acceptors (Lipinski definition) is 3. The highest BCUT2D eigenvalue weighted by Crippen LogP contribution is 2.41. The fourth-order valence-corrected chi connectivity index (χ4v) is 7.81. The van der Waals surface area contributed by atoms with Gasteiger partial charge in [-0.2, -0.15) is 0 Å². The van der Waals surface area contributed by atoms with E-state index in [9.17, 15) is 0 Å². The maximum atomic E-state index is 5.11. The van der Waals surface area contributed by atoms with Gasteiger partial charge in [-0.3, -0.25) is 0 Å². The third kappa shape index (κ3) is 6.10. The zero-order chi connectivity index (χ0) is 36.6. The first-order valence-electron chi connectivity index (χ1n) is 18.7. The molecule has 9 aromatic rings. The van der Waals surface area contributed by atoms with Crippen molar-refractivity contribution in [3.8, 4) is 39.1 Å². The van der Waals surface area contributed by atoms with Gasteiger partial charge in [-0.1, -0.05) is 164 Å². The maximum absolute atomic E-state index is 5.11. The van der Waals surface area contributed by atoms with E-state index in [-0.39, 0.29) is 6.17 Å². The Hall–Kier alpha value is -7.30. The third-order valence-corrected chi connectivity index (χ3v) is 10.4. The molecule has 2 heterocycles. The predicted molar refractivity (Wildman–Crippen MR) is 229 cm³/mol. The van der Waals surface area contributed by atoms with Crippen LogP contribution in [0, 0.1) is 0 Å². The molecule has 10 rings (SSSR count). The first-order valence-corrected chi connectivity index (χ1v) is 18.7. The highest BCUT2D eigenvalue weighted by atomic mass is 15.2. The third-order valence-electron chi connectivity index (χ3n) is 10.4. The van der Waals surface area contributed by atoms with Crippen LogP contribution < -0.4 is 5.32 Å².